The van der Waals surface area contributed by atoms with Crippen LogP contribution in [0.15, 0.2) is 12.2 Å². The summed E-state index contributed by atoms with van der Waals surface area (Å²) in [5, 5.41) is 0.584. The summed E-state index contributed by atoms with van der Waals surface area (Å²) in [6.07, 6.45) is 2.20. The van der Waals surface area contributed by atoms with Crippen molar-refractivity contribution in [1.29, 1.82) is 0 Å². The fourth-order valence-electron chi connectivity index (χ4n) is 0.809. The molecule has 0 radical (unpaired) electrons. The van der Waals surface area contributed by atoms with Crippen LogP contribution in [0, 0.1) is 5.92 Å². The highest BCUT2D eigenvalue weighted by Gasteiger charge is 2.25. The number of hydroxylamine groups is 2. The van der Waals surface area contributed by atoms with Gasteiger partial charge in [-0.25, -0.2) is 0 Å². The molecule has 0 aromatic carbocycles. The minimum absolute atomic E-state index is 0.155. The summed E-state index contributed by atoms with van der Waals surface area (Å²) in [4.78, 5) is 37.8. The Morgan fingerprint density at radius 3 is 2.29 bits per heavy atom. The van der Waals surface area contributed by atoms with Gasteiger partial charge in [-0.05, 0) is 0 Å². The van der Waals surface area contributed by atoms with Crippen molar-refractivity contribution in [2.24, 2.45) is 5.92 Å². The normalized spacial score (nSPS) is 15.8. The minimum Gasteiger partial charge on any atom is -0.297 e. The van der Waals surface area contributed by atoms with Crippen molar-refractivity contribution in [2.75, 3.05) is 6.61 Å². The number of ketones is 1. The Bertz CT molecular complexity index is 288. The third-order valence-electron chi connectivity index (χ3n) is 1.75. The lowest BCUT2D eigenvalue weighted by Gasteiger charge is -2.13. The van der Waals surface area contributed by atoms with Crippen LogP contribution in [0.4, 0.5) is 0 Å². The first-order chi connectivity index (χ1) is 6.52. The molecule has 0 saturated carbocycles. The zero-order chi connectivity index (χ0) is 10.7. The van der Waals surface area contributed by atoms with Crippen LogP contribution in [0.5, 0.6) is 0 Å². The molecule has 0 unspecified atom stereocenters. The first-order valence-electron chi connectivity index (χ1n) is 4.24. The summed E-state index contributed by atoms with van der Waals surface area (Å²) in [5.41, 5.74) is 0. The van der Waals surface area contributed by atoms with Crippen LogP contribution in [0.2, 0.25) is 0 Å². The Labute approximate surface area is 81.3 Å². The number of rotatable bonds is 4. The molecule has 1 aliphatic heterocycles. The van der Waals surface area contributed by atoms with Crippen LogP contribution in [0.1, 0.15) is 13.8 Å². The molecule has 0 aromatic heterocycles. The van der Waals surface area contributed by atoms with Gasteiger partial charge in [-0.2, -0.15) is 0 Å². The maximum absolute atomic E-state index is 11.1. The van der Waals surface area contributed by atoms with Crippen LogP contribution in [-0.4, -0.2) is 29.3 Å². The molecule has 1 heterocycles. The van der Waals surface area contributed by atoms with E-state index in [1.54, 1.807) is 13.8 Å². The summed E-state index contributed by atoms with van der Waals surface area (Å²) >= 11 is 0. The smallest absolute Gasteiger partial charge is 0.277 e. The van der Waals surface area contributed by atoms with Crippen LogP contribution in [0.3, 0.4) is 0 Å². The Hall–Kier alpha value is -1.49. The lowest BCUT2D eigenvalue weighted by molar-refractivity contribution is -0.186. The Balaban J connectivity index is 2.43. The average molecular weight is 197 g/mol. The van der Waals surface area contributed by atoms with Gasteiger partial charge in [0.05, 0.1) is 0 Å². The number of amides is 2. The van der Waals surface area contributed by atoms with Crippen molar-refractivity contribution in [3.63, 3.8) is 0 Å². The number of carbonyl (C=O) groups excluding carboxylic acids is 3. The van der Waals surface area contributed by atoms with E-state index in [1.807, 2.05) is 0 Å². The topological polar surface area (TPSA) is 63.7 Å². The summed E-state index contributed by atoms with van der Waals surface area (Å²) in [5.74, 6) is -1.42. The molecule has 0 fully saturated rings. The van der Waals surface area contributed by atoms with Gasteiger partial charge in [-0.3, -0.25) is 19.2 Å². The van der Waals surface area contributed by atoms with Crippen molar-refractivity contribution in [2.45, 2.75) is 13.8 Å². The lowest BCUT2D eigenvalue weighted by Crippen LogP contribution is -2.33. The van der Waals surface area contributed by atoms with Crippen molar-refractivity contribution in [3.8, 4) is 0 Å². The maximum atomic E-state index is 11.1. The van der Waals surface area contributed by atoms with Gasteiger partial charge in [0.25, 0.3) is 11.8 Å². The third-order valence-corrected chi connectivity index (χ3v) is 1.75. The van der Waals surface area contributed by atoms with Crippen LogP contribution in [-0.2, 0) is 19.2 Å². The molecule has 5 nitrogen and oxygen atoms in total. The summed E-state index contributed by atoms with van der Waals surface area (Å²) in [7, 11) is 0. The zero-order valence-corrected chi connectivity index (χ0v) is 8.02. The lowest BCUT2D eigenvalue weighted by atomic mass is 10.1. The standard InChI is InChI=1S/C9H11NO4/c1-6(2)7(11)5-14-10-8(12)3-4-9(10)13/h3-4,6H,5H2,1-2H3. The van der Waals surface area contributed by atoms with E-state index in [-0.39, 0.29) is 18.3 Å². The van der Waals surface area contributed by atoms with E-state index in [4.69, 9.17) is 4.84 Å². The third kappa shape index (κ3) is 2.26. The number of nitrogens with zero attached hydrogens (tertiary/aromatic N) is 1. The Kier molecular flexibility index (Phi) is 3.14. The molecule has 0 saturated heterocycles. The molecule has 0 spiro atoms. The molecule has 76 valence electrons. The maximum Gasteiger partial charge on any atom is 0.277 e. The summed E-state index contributed by atoms with van der Waals surface area (Å²) < 4.78 is 0. The fraction of sp³-hybridized carbons (Fsp3) is 0.444. The largest absolute Gasteiger partial charge is 0.297 e. The number of carbonyl (C=O) groups is 3. The van der Waals surface area contributed by atoms with E-state index in [0.717, 1.165) is 12.2 Å². The van der Waals surface area contributed by atoms with Crippen molar-refractivity contribution in [1.82, 2.24) is 5.06 Å². The highest BCUT2D eigenvalue weighted by atomic mass is 16.7. The zero-order valence-electron chi connectivity index (χ0n) is 8.02. The quantitative estimate of drug-likeness (QED) is 0.598. The van der Waals surface area contributed by atoms with E-state index in [1.165, 1.54) is 0 Å². The van der Waals surface area contributed by atoms with Gasteiger partial charge in [-0.15, -0.1) is 5.06 Å². The van der Waals surface area contributed by atoms with E-state index in [0.29, 0.717) is 5.06 Å². The van der Waals surface area contributed by atoms with Crippen LogP contribution in [0.25, 0.3) is 0 Å². The van der Waals surface area contributed by atoms with Crippen LogP contribution < -0.4 is 0 Å². The van der Waals surface area contributed by atoms with E-state index in [2.05, 4.69) is 0 Å². The summed E-state index contributed by atoms with van der Waals surface area (Å²) in [6.45, 7) is 3.19. The van der Waals surface area contributed by atoms with E-state index >= 15 is 0 Å². The van der Waals surface area contributed by atoms with Gasteiger partial charge in [0.2, 0.25) is 0 Å². The molecule has 0 N–H and O–H groups in total. The molecule has 5 heteroatoms. The molecule has 1 rings (SSSR count). The number of Topliss-reactive ketones (excluding diaryl/α,β-unsaturated/α-hetero) is 1. The molecule has 1 aliphatic rings. The monoisotopic (exact) mass is 197 g/mol. The van der Waals surface area contributed by atoms with Crippen LogP contribution >= 0.6 is 0 Å². The Morgan fingerprint density at radius 1 is 1.36 bits per heavy atom. The second-order valence-electron chi connectivity index (χ2n) is 3.20. The van der Waals surface area contributed by atoms with Gasteiger partial charge >= 0.3 is 0 Å². The average Bonchev–Trinajstić information content (AvgIpc) is 2.43. The van der Waals surface area contributed by atoms with E-state index in [9.17, 15) is 14.4 Å². The minimum atomic E-state index is -0.549. The highest BCUT2D eigenvalue weighted by molar-refractivity contribution is 6.11. The second-order valence-corrected chi connectivity index (χ2v) is 3.20. The molecule has 0 bridgehead atoms. The first-order valence-corrected chi connectivity index (χ1v) is 4.24. The molecule has 0 aliphatic carbocycles. The predicted octanol–water partition coefficient (Wildman–Crippen LogP) is 0.0681. The highest BCUT2D eigenvalue weighted by Crippen LogP contribution is 2.05. The number of hydrogen-bond acceptors (Lipinski definition) is 4. The molecular formula is C9H11NO4. The first kappa shape index (κ1) is 10.6. The summed E-state index contributed by atoms with van der Waals surface area (Å²) in [6, 6.07) is 0. The molecule has 0 atom stereocenters. The van der Waals surface area contributed by atoms with Gasteiger partial charge in [0, 0.05) is 18.1 Å². The van der Waals surface area contributed by atoms with Gasteiger partial charge in [0.1, 0.15) is 6.61 Å². The van der Waals surface area contributed by atoms with Gasteiger partial charge < -0.3 is 0 Å². The molecular weight excluding hydrogens is 186 g/mol. The second kappa shape index (κ2) is 4.15. The molecule has 0 aromatic rings. The van der Waals surface area contributed by atoms with E-state index < -0.39 is 11.8 Å². The molecule has 2 amide bonds. The fourth-order valence-corrected chi connectivity index (χ4v) is 0.809. The van der Waals surface area contributed by atoms with Gasteiger partial charge in [-0.1, -0.05) is 13.8 Å². The van der Waals surface area contributed by atoms with Gasteiger partial charge in [0.15, 0.2) is 5.78 Å². The number of hydrogen-bond donors (Lipinski definition) is 0. The van der Waals surface area contributed by atoms with Crippen molar-refractivity contribution in [3.05, 3.63) is 12.2 Å². The SMILES string of the molecule is CC(C)C(=O)CON1C(=O)C=CC1=O. The Morgan fingerprint density at radius 2 is 1.86 bits per heavy atom. The number of imide groups is 1. The predicted molar refractivity (Wildman–Crippen MR) is 46.8 cm³/mol. The van der Waals surface area contributed by atoms with Crippen molar-refractivity contribution >= 4 is 17.6 Å². The molecule has 14 heavy (non-hydrogen) atoms. The van der Waals surface area contributed by atoms with Crippen molar-refractivity contribution < 1.29 is 19.2 Å².